The van der Waals surface area contributed by atoms with Crippen molar-refractivity contribution >= 4 is 50.7 Å². The second-order valence-electron chi connectivity index (χ2n) is 9.48. The lowest BCUT2D eigenvalue weighted by Gasteiger charge is -2.32. The zero-order valence-corrected chi connectivity index (χ0v) is 24.7. The van der Waals surface area contributed by atoms with Crippen LogP contribution in [0.3, 0.4) is 0 Å². The number of nitrogens with zero attached hydrogens (tertiary/aromatic N) is 2. The zero-order chi connectivity index (χ0) is 30.5. The van der Waals surface area contributed by atoms with E-state index in [0.29, 0.717) is 27.0 Å². The molecule has 7 nitrogen and oxygen atoms in total. The molecule has 0 heterocycles. The van der Waals surface area contributed by atoms with Gasteiger partial charge in [-0.3, -0.25) is 13.9 Å². The van der Waals surface area contributed by atoms with Crippen molar-refractivity contribution in [2.45, 2.75) is 50.5 Å². The van der Waals surface area contributed by atoms with Gasteiger partial charge in [-0.1, -0.05) is 53.5 Å². The van der Waals surface area contributed by atoms with Gasteiger partial charge in [-0.05, 0) is 68.8 Å². The molecule has 3 aromatic rings. The molecule has 2 amide bonds. The fourth-order valence-electron chi connectivity index (χ4n) is 3.89. The Bertz CT molecular complexity index is 1490. The molecule has 0 fully saturated rings. The highest BCUT2D eigenvalue weighted by Crippen LogP contribution is 2.37. The molecular weight excluding hydrogens is 602 g/mol. The van der Waals surface area contributed by atoms with Crippen LogP contribution >= 0.6 is 23.2 Å². The van der Waals surface area contributed by atoms with E-state index in [4.69, 9.17) is 23.2 Å². The number of carbonyl (C=O) groups excluding carboxylic acids is 2. The number of carbonyl (C=O) groups is 2. The monoisotopic (exact) mass is 629 g/mol. The van der Waals surface area contributed by atoms with E-state index in [-0.39, 0.29) is 22.5 Å². The number of amides is 2. The van der Waals surface area contributed by atoms with Gasteiger partial charge in [0.1, 0.15) is 12.6 Å². The van der Waals surface area contributed by atoms with Crippen LogP contribution in [0.25, 0.3) is 0 Å². The van der Waals surface area contributed by atoms with E-state index in [1.54, 1.807) is 44.2 Å². The lowest BCUT2D eigenvalue weighted by atomic mass is 10.1. The molecule has 0 spiro atoms. The molecule has 220 valence electrons. The first-order chi connectivity index (χ1) is 19.1. The van der Waals surface area contributed by atoms with Crippen molar-refractivity contribution < 1.29 is 31.2 Å². The van der Waals surface area contributed by atoms with E-state index in [1.165, 1.54) is 31.2 Å². The second-order valence-corrected chi connectivity index (χ2v) is 12.2. The predicted octanol–water partition coefficient (Wildman–Crippen LogP) is 6.15. The van der Waals surface area contributed by atoms with E-state index >= 15 is 0 Å². The molecule has 0 bridgehead atoms. The third-order valence-corrected chi connectivity index (χ3v) is 8.36. The van der Waals surface area contributed by atoms with Crippen molar-refractivity contribution in [1.29, 1.82) is 0 Å². The molecule has 0 aliphatic carbocycles. The highest BCUT2D eigenvalue weighted by Gasteiger charge is 2.36. The second kappa shape index (κ2) is 13.1. The van der Waals surface area contributed by atoms with Crippen molar-refractivity contribution in [3.05, 3.63) is 94.0 Å². The van der Waals surface area contributed by atoms with Crippen LogP contribution < -0.4 is 9.62 Å². The molecule has 0 aliphatic rings. The molecule has 0 aromatic heterocycles. The summed E-state index contributed by atoms with van der Waals surface area (Å²) in [5, 5.41) is 2.84. The molecule has 0 aliphatic heterocycles. The van der Waals surface area contributed by atoms with E-state index in [0.717, 1.165) is 11.0 Å². The van der Waals surface area contributed by atoms with Gasteiger partial charge in [-0.25, -0.2) is 8.42 Å². The van der Waals surface area contributed by atoms with E-state index in [1.807, 2.05) is 0 Å². The van der Waals surface area contributed by atoms with E-state index in [2.05, 4.69) is 5.32 Å². The number of nitrogens with one attached hydrogen (secondary N) is 1. The Labute approximate surface area is 246 Å². The summed E-state index contributed by atoms with van der Waals surface area (Å²) >= 11 is 12.2. The average molecular weight is 631 g/mol. The van der Waals surface area contributed by atoms with Crippen LogP contribution in [0, 0.1) is 0 Å². The standard InChI is InChI=1S/C28H28Cl2F3N3O4S/c1-18(2)34-27(38)19(3)35(16-20-9-12-22(29)13-10-20)26(37)17-36(41(39,40)23-7-5-4-6-8-23)25-15-21(28(31,32)33)11-14-24(25)30/h4-15,18-19H,16-17H2,1-3H3,(H,34,38)/t19-/m1/s1. The summed E-state index contributed by atoms with van der Waals surface area (Å²) in [6.07, 6.45) is -4.81. The topological polar surface area (TPSA) is 86.8 Å². The van der Waals surface area contributed by atoms with E-state index < -0.39 is 51.9 Å². The normalized spacial score (nSPS) is 12.6. The Morgan fingerprint density at radius 2 is 1.54 bits per heavy atom. The highest BCUT2D eigenvalue weighted by atomic mass is 35.5. The first kappa shape index (κ1) is 32.2. The number of benzene rings is 3. The largest absolute Gasteiger partial charge is 0.416 e. The van der Waals surface area contributed by atoms with Crippen molar-refractivity contribution in [1.82, 2.24) is 10.2 Å². The Kier molecular flexibility index (Phi) is 10.3. The predicted molar refractivity (Wildman–Crippen MR) is 152 cm³/mol. The number of alkyl halides is 3. The SMILES string of the molecule is CC(C)NC(=O)[C@@H](C)N(Cc1ccc(Cl)cc1)C(=O)CN(c1cc(C(F)(F)F)ccc1Cl)S(=O)(=O)c1ccccc1. The van der Waals surface area contributed by atoms with Gasteiger partial charge in [0.15, 0.2) is 0 Å². The van der Waals surface area contributed by atoms with Crippen LogP contribution in [0.2, 0.25) is 10.0 Å². The fraction of sp³-hybridized carbons (Fsp3) is 0.286. The Morgan fingerprint density at radius 3 is 2.10 bits per heavy atom. The average Bonchev–Trinajstić information content (AvgIpc) is 2.90. The van der Waals surface area contributed by atoms with Crippen molar-refractivity contribution in [2.24, 2.45) is 0 Å². The summed E-state index contributed by atoms with van der Waals surface area (Å²) < 4.78 is 68.9. The maximum atomic E-state index is 13.8. The molecule has 0 radical (unpaired) electrons. The summed E-state index contributed by atoms with van der Waals surface area (Å²) in [7, 11) is -4.59. The lowest BCUT2D eigenvalue weighted by molar-refractivity contribution is -0.139. The Hall–Kier alpha value is -3.28. The Balaban J connectivity index is 2.12. The summed E-state index contributed by atoms with van der Waals surface area (Å²) in [5.74, 6) is -1.35. The third kappa shape index (κ3) is 8.15. The van der Waals surface area contributed by atoms with Crippen LogP contribution in [0.5, 0.6) is 0 Å². The molecule has 1 N–H and O–H groups in total. The van der Waals surface area contributed by atoms with Crippen molar-refractivity contribution in [3.8, 4) is 0 Å². The van der Waals surface area contributed by atoms with Crippen molar-refractivity contribution in [3.63, 3.8) is 0 Å². The quantitative estimate of drug-likeness (QED) is 0.291. The first-order valence-electron chi connectivity index (χ1n) is 12.4. The zero-order valence-electron chi connectivity index (χ0n) is 22.3. The molecule has 0 unspecified atom stereocenters. The summed E-state index contributed by atoms with van der Waals surface area (Å²) in [6, 6.07) is 14.3. The smallest absolute Gasteiger partial charge is 0.352 e. The van der Waals surface area contributed by atoms with Crippen LogP contribution in [0.4, 0.5) is 18.9 Å². The molecule has 0 saturated carbocycles. The number of rotatable bonds is 10. The maximum Gasteiger partial charge on any atom is 0.416 e. The molecule has 41 heavy (non-hydrogen) atoms. The molecular formula is C28H28Cl2F3N3O4S. The number of sulfonamides is 1. The van der Waals surface area contributed by atoms with Crippen molar-refractivity contribution in [2.75, 3.05) is 10.8 Å². The number of halogens is 5. The van der Waals surface area contributed by atoms with Gasteiger partial charge in [-0.2, -0.15) is 13.2 Å². The van der Waals surface area contributed by atoms with Gasteiger partial charge < -0.3 is 10.2 Å². The van der Waals surface area contributed by atoms with E-state index in [9.17, 15) is 31.2 Å². The van der Waals surface area contributed by atoms with Crippen LogP contribution in [0.1, 0.15) is 31.9 Å². The third-order valence-electron chi connectivity index (χ3n) is 6.02. The molecule has 0 saturated heterocycles. The molecule has 1 atom stereocenters. The number of hydrogen-bond acceptors (Lipinski definition) is 4. The van der Waals surface area contributed by atoms with Gasteiger partial charge in [0.05, 0.1) is 21.2 Å². The minimum Gasteiger partial charge on any atom is -0.352 e. The minimum absolute atomic E-state index is 0.113. The fourth-order valence-corrected chi connectivity index (χ4v) is 5.73. The van der Waals surface area contributed by atoms with Gasteiger partial charge in [-0.15, -0.1) is 0 Å². The van der Waals surface area contributed by atoms with Gasteiger partial charge in [0, 0.05) is 17.6 Å². The lowest BCUT2D eigenvalue weighted by Crippen LogP contribution is -2.52. The molecule has 13 heteroatoms. The highest BCUT2D eigenvalue weighted by molar-refractivity contribution is 7.92. The van der Waals surface area contributed by atoms with Gasteiger partial charge in [0.2, 0.25) is 11.8 Å². The summed E-state index contributed by atoms with van der Waals surface area (Å²) in [6.45, 7) is 3.89. The summed E-state index contributed by atoms with van der Waals surface area (Å²) in [4.78, 5) is 27.7. The molecule has 3 aromatic carbocycles. The van der Waals surface area contributed by atoms with Gasteiger partial charge >= 0.3 is 6.18 Å². The van der Waals surface area contributed by atoms with Crippen LogP contribution in [0.15, 0.2) is 77.7 Å². The number of hydrogen-bond donors (Lipinski definition) is 1. The van der Waals surface area contributed by atoms with Crippen LogP contribution in [-0.4, -0.2) is 43.8 Å². The summed E-state index contributed by atoms with van der Waals surface area (Å²) in [5.41, 5.74) is -1.11. The van der Waals surface area contributed by atoms with Crippen LogP contribution in [-0.2, 0) is 32.3 Å². The number of anilines is 1. The van der Waals surface area contributed by atoms with Gasteiger partial charge in [0.25, 0.3) is 10.0 Å². The first-order valence-corrected chi connectivity index (χ1v) is 14.6. The minimum atomic E-state index is -4.81. The molecule has 3 rings (SSSR count). The maximum absolute atomic E-state index is 13.8. The Morgan fingerprint density at radius 1 is 0.927 bits per heavy atom.